The van der Waals surface area contributed by atoms with Gasteiger partial charge in [-0.3, -0.25) is 4.79 Å². The van der Waals surface area contributed by atoms with Crippen molar-refractivity contribution in [2.45, 2.75) is 37.8 Å². The number of pyridine rings is 1. The van der Waals surface area contributed by atoms with Crippen molar-refractivity contribution in [3.05, 3.63) is 48.4 Å². The molecular formula is C22H26FN3O3. The summed E-state index contributed by atoms with van der Waals surface area (Å²) >= 11 is 0. The van der Waals surface area contributed by atoms with Crippen molar-refractivity contribution in [1.29, 1.82) is 0 Å². The van der Waals surface area contributed by atoms with E-state index in [1.807, 2.05) is 18.2 Å². The number of carbonyl (C=O) groups is 1. The van der Waals surface area contributed by atoms with E-state index in [-0.39, 0.29) is 29.8 Å². The van der Waals surface area contributed by atoms with E-state index >= 15 is 0 Å². The summed E-state index contributed by atoms with van der Waals surface area (Å²) in [7, 11) is 1.52. The third kappa shape index (κ3) is 4.60. The number of ether oxygens (including phenoxy) is 2. The first kappa shape index (κ1) is 19.5. The van der Waals surface area contributed by atoms with Crippen LogP contribution in [0.2, 0.25) is 0 Å². The van der Waals surface area contributed by atoms with E-state index in [1.165, 1.54) is 19.2 Å². The fourth-order valence-corrected chi connectivity index (χ4v) is 3.91. The number of benzene rings is 1. The molecule has 4 rings (SSSR count). The molecule has 6 nitrogen and oxygen atoms in total. The number of piperidine rings is 1. The van der Waals surface area contributed by atoms with Crippen molar-refractivity contribution in [1.82, 2.24) is 10.3 Å². The van der Waals surface area contributed by atoms with Crippen LogP contribution in [0.15, 0.2) is 42.6 Å². The fraction of sp³-hybridized carbons (Fsp3) is 0.455. The summed E-state index contributed by atoms with van der Waals surface area (Å²) in [6, 6.07) is 10.3. The highest BCUT2D eigenvalue weighted by Gasteiger charge is 2.37. The smallest absolute Gasteiger partial charge is 0.223 e. The van der Waals surface area contributed by atoms with Crippen LogP contribution in [0.5, 0.6) is 11.5 Å². The van der Waals surface area contributed by atoms with Crippen molar-refractivity contribution >= 4 is 11.7 Å². The Hall–Kier alpha value is -2.83. The molecule has 0 spiro atoms. The van der Waals surface area contributed by atoms with Crippen LogP contribution in [0.1, 0.15) is 25.7 Å². The lowest BCUT2D eigenvalue weighted by Gasteiger charge is -2.37. The molecule has 1 saturated carbocycles. The first-order valence-electron chi connectivity index (χ1n) is 10.1. The Labute approximate surface area is 170 Å². The normalized spacial score (nSPS) is 21.9. The topological polar surface area (TPSA) is 63.7 Å². The molecule has 0 unspecified atom stereocenters. The largest absolute Gasteiger partial charge is 0.493 e. The maximum atomic E-state index is 13.5. The van der Waals surface area contributed by atoms with Gasteiger partial charge in [-0.1, -0.05) is 6.07 Å². The zero-order valence-corrected chi connectivity index (χ0v) is 16.5. The molecule has 154 valence electrons. The van der Waals surface area contributed by atoms with Gasteiger partial charge in [0.1, 0.15) is 17.7 Å². The number of aromatic nitrogens is 1. The molecule has 0 radical (unpaired) electrons. The van der Waals surface area contributed by atoms with Gasteiger partial charge < -0.3 is 19.7 Å². The van der Waals surface area contributed by atoms with E-state index < -0.39 is 0 Å². The lowest BCUT2D eigenvalue weighted by molar-refractivity contribution is -0.131. The Kier molecular flexibility index (Phi) is 5.83. The predicted octanol–water partition coefficient (Wildman–Crippen LogP) is 3.17. The molecule has 1 amide bonds. The van der Waals surface area contributed by atoms with Crippen molar-refractivity contribution in [2.24, 2.45) is 5.92 Å². The predicted molar refractivity (Wildman–Crippen MR) is 108 cm³/mol. The van der Waals surface area contributed by atoms with Crippen LogP contribution < -0.4 is 19.7 Å². The molecule has 2 aliphatic rings. The molecular weight excluding hydrogens is 373 g/mol. The lowest BCUT2D eigenvalue weighted by atomic mass is 9.81. The Bertz CT molecular complexity index is 834. The zero-order chi connectivity index (χ0) is 20.2. The molecule has 29 heavy (non-hydrogen) atoms. The number of nitrogens with zero attached hydrogens (tertiary/aromatic N) is 2. The van der Waals surface area contributed by atoms with Gasteiger partial charge >= 0.3 is 0 Å². The number of halogens is 1. The summed E-state index contributed by atoms with van der Waals surface area (Å²) in [5, 5.41) is 3.18. The number of hydrogen-bond donors (Lipinski definition) is 1. The standard InChI is InChI=1S/C22H26FN3O3/c1-28-19-6-5-16(23)14-20(19)29-18-12-15(13-18)22(27)25-17-7-10-26(11-8-17)21-4-2-3-9-24-21/h2-6,9,14-15,17-18H,7-8,10-13H2,1H3,(H,25,27). The Morgan fingerprint density at radius 3 is 2.66 bits per heavy atom. The zero-order valence-electron chi connectivity index (χ0n) is 16.5. The third-order valence-corrected chi connectivity index (χ3v) is 5.70. The van der Waals surface area contributed by atoms with Gasteiger partial charge in [0.25, 0.3) is 0 Å². The minimum absolute atomic E-state index is 0.0478. The monoisotopic (exact) mass is 399 g/mol. The molecule has 7 heteroatoms. The van der Waals surface area contributed by atoms with E-state index in [4.69, 9.17) is 9.47 Å². The van der Waals surface area contributed by atoms with Gasteiger partial charge in [0.2, 0.25) is 5.91 Å². The van der Waals surface area contributed by atoms with E-state index in [1.54, 1.807) is 12.3 Å². The molecule has 0 atom stereocenters. The van der Waals surface area contributed by atoms with Crippen LogP contribution in [0.25, 0.3) is 0 Å². The maximum Gasteiger partial charge on any atom is 0.223 e. The summed E-state index contributed by atoms with van der Waals surface area (Å²) in [5.41, 5.74) is 0. The second-order valence-electron chi connectivity index (χ2n) is 7.66. The highest BCUT2D eigenvalue weighted by atomic mass is 19.1. The van der Waals surface area contributed by atoms with E-state index in [0.29, 0.717) is 24.3 Å². The second-order valence-corrected chi connectivity index (χ2v) is 7.66. The number of amides is 1. The highest BCUT2D eigenvalue weighted by molar-refractivity contribution is 5.80. The number of rotatable bonds is 6. The summed E-state index contributed by atoms with van der Waals surface area (Å²) in [5.74, 6) is 1.55. The molecule has 2 aromatic rings. The Balaban J connectivity index is 1.21. The Morgan fingerprint density at radius 1 is 1.17 bits per heavy atom. The van der Waals surface area contributed by atoms with E-state index in [9.17, 15) is 9.18 Å². The number of methoxy groups -OCH3 is 1. The van der Waals surface area contributed by atoms with Crippen molar-refractivity contribution in [3.8, 4) is 11.5 Å². The van der Waals surface area contributed by atoms with E-state index in [2.05, 4.69) is 15.2 Å². The number of nitrogens with one attached hydrogen (secondary N) is 1. The van der Waals surface area contributed by atoms with Crippen LogP contribution in [0, 0.1) is 11.7 Å². The average Bonchev–Trinajstić information content (AvgIpc) is 2.71. The fourth-order valence-electron chi connectivity index (χ4n) is 3.91. The number of anilines is 1. The summed E-state index contributed by atoms with van der Waals surface area (Å²) in [6.07, 6.45) is 4.81. The van der Waals surface area contributed by atoms with Crippen LogP contribution in [0.4, 0.5) is 10.2 Å². The summed E-state index contributed by atoms with van der Waals surface area (Å²) in [4.78, 5) is 19.2. The number of hydrogen-bond acceptors (Lipinski definition) is 5. The summed E-state index contributed by atoms with van der Waals surface area (Å²) in [6.45, 7) is 1.77. The van der Waals surface area contributed by atoms with Gasteiger partial charge in [0, 0.05) is 37.3 Å². The molecule has 2 fully saturated rings. The maximum absolute atomic E-state index is 13.5. The molecule has 1 aromatic heterocycles. The highest BCUT2D eigenvalue weighted by Crippen LogP contribution is 2.36. The van der Waals surface area contributed by atoms with Crippen molar-refractivity contribution < 1.29 is 18.7 Å². The Morgan fingerprint density at radius 2 is 1.97 bits per heavy atom. The lowest BCUT2D eigenvalue weighted by Crippen LogP contribution is -2.50. The van der Waals surface area contributed by atoms with Gasteiger partial charge in [0.15, 0.2) is 11.5 Å². The SMILES string of the molecule is COc1ccc(F)cc1OC1CC(C(=O)NC2CCN(c3ccccn3)CC2)C1. The molecule has 1 saturated heterocycles. The van der Waals surface area contributed by atoms with Crippen LogP contribution in [-0.2, 0) is 4.79 Å². The van der Waals surface area contributed by atoms with Gasteiger partial charge in [0.05, 0.1) is 7.11 Å². The molecule has 0 bridgehead atoms. The second kappa shape index (κ2) is 8.68. The molecule has 1 aliphatic carbocycles. The quantitative estimate of drug-likeness (QED) is 0.808. The van der Waals surface area contributed by atoms with Gasteiger partial charge in [-0.2, -0.15) is 0 Å². The molecule has 1 aliphatic heterocycles. The molecule has 1 aromatic carbocycles. The van der Waals surface area contributed by atoms with Gasteiger partial charge in [-0.15, -0.1) is 0 Å². The van der Waals surface area contributed by atoms with Crippen LogP contribution in [-0.4, -0.2) is 43.2 Å². The average molecular weight is 399 g/mol. The van der Waals surface area contributed by atoms with Gasteiger partial charge in [-0.25, -0.2) is 9.37 Å². The van der Waals surface area contributed by atoms with Crippen molar-refractivity contribution in [3.63, 3.8) is 0 Å². The minimum atomic E-state index is -0.369. The first-order valence-corrected chi connectivity index (χ1v) is 10.1. The third-order valence-electron chi connectivity index (χ3n) is 5.70. The van der Waals surface area contributed by atoms with Crippen molar-refractivity contribution in [2.75, 3.05) is 25.1 Å². The molecule has 2 heterocycles. The van der Waals surface area contributed by atoms with Gasteiger partial charge in [-0.05, 0) is 49.9 Å². The van der Waals surface area contributed by atoms with E-state index in [0.717, 1.165) is 31.7 Å². The number of carbonyl (C=O) groups excluding carboxylic acids is 1. The van der Waals surface area contributed by atoms with Crippen LogP contribution >= 0.6 is 0 Å². The minimum Gasteiger partial charge on any atom is -0.493 e. The summed E-state index contributed by atoms with van der Waals surface area (Å²) < 4.78 is 24.5. The first-order chi connectivity index (χ1) is 14.1. The molecule has 1 N–H and O–H groups in total. The van der Waals surface area contributed by atoms with Crippen LogP contribution in [0.3, 0.4) is 0 Å².